The van der Waals surface area contributed by atoms with E-state index >= 15 is 0 Å². The predicted molar refractivity (Wildman–Crippen MR) is 151 cm³/mol. The molecule has 1 amide bonds. The lowest BCUT2D eigenvalue weighted by Gasteiger charge is -2.32. The summed E-state index contributed by atoms with van der Waals surface area (Å²) in [6, 6.07) is 2.91. The number of benzene rings is 1. The Morgan fingerprint density at radius 2 is 1.95 bits per heavy atom. The van der Waals surface area contributed by atoms with Crippen LogP contribution in [0.1, 0.15) is 40.5 Å². The first-order chi connectivity index (χ1) is 17.8. The van der Waals surface area contributed by atoms with Crippen molar-refractivity contribution in [2.75, 3.05) is 13.7 Å². The van der Waals surface area contributed by atoms with E-state index in [0.717, 1.165) is 24.6 Å². The Kier molecular flexibility index (Phi) is 13.9. The normalized spacial score (nSPS) is 13.8. The van der Waals surface area contributed by atoms with Gasteiger partial charge in [0.15, 0.2) is 0 Å². The largest absolute Gasteiger partial charge is 0.481 e. The minimum absolute atomic E-state index is 0.0300. The molecule has 0 saturated carbocycles. The van der Waals surface area contributed by atoms with E-state index in [1.807, 2.05) is 26.8 Å². The van der Waals surface area contributed by atoms with Crippen molar-refractivity contribution in [3.8, 4) is 0 Å². The number of sulfonamides is 1. The molecule has 1 aromatic carbocycles. The van der Waals surface area contributed by atoms with Crippen molar-refractivity contribution in [3.05, 3.63) is 65.9 Å². The third-order valence-electron chi connectivity index (χ3n) is 4.96. The SMILES string of the molecule is C=C(/C=C\CC)/N=C\N(CC(C)C(=O)NC(C)C)C(C/C=N\C(=C)OC)NS(=O)(=O)c1ccc(F)cc1Cl. The average molecular weight is 570 g/mol. The molecule has 0 radical (unpaired) electrons. The van der Waals surface area contributed by atoms with Crippen LogP contribution in [0.2, 0.25) is 5.02 Å². The van der Waals surface area contributed by atoms with E-state index in [1.165, 1.54) is 19.7 Å². The van der Waals surface area contributed by atoms with Gasteiger partial charge < -0.3 is 15.0 Å². The first kappa shape index (κ1) is 33.0. The van der Waals surface area contributed by atoms with E-state index in [-0.39, 0.29) is 40.7 Å². The summed E-state index contributed by atoms with van der Waals surface area (Å²) in [7, 11) is -2.84. The number of aliphatic imine (C=N–C) groups is 2. The summed E-state index contributed by atoms with van der Waals surface area (Å²) in [6.07, 6.45) is 6.29. The van der Waals surface area contributed by atoms with Gasteiger partial charge in [-0.2, -0.15) is 4.72 Å². The molecule has 0 spiro atoms. The Bertz CT molecular complexity index is 1170. The Morgan fingerprint density at radius 3 is 2.53 bits per heavy atom. The molecule has 12 heteroatoms. The van der Waals surface area contributed by atoms with E-state index in [0.29, 0.717) is 5.70 Å². The number of methoxy groups -OCH3 is 1. The number of ether oxygens (including phenoxy) is 1. The van der Waals surface area contributed by atoms with Gasteiger partial charge in [-0.15, -0.1) is 0 Å². The zero-order chi connectivity index (χ0) is 28.9. The second kappa shape index (κ2) is 16.1. The molecule has 38 heavy (non-hydrogen) atoms. The van der Waals surface area contributed by atoms with E-state index in [4.69, 9.17) is 16.3 Å². The molecule has 1 rings (SSSR count). The van der Waals surface area contributed by atoms with Crippen molar-refractivity contribution in [2.24, 2.45) is 15.9 Å². The second-order valence-electron chi connectivity index (χ2n) is 8.66. The van der Waals surface area contributed by atoms with Crippen LogP contribution in [-0.2, 0) is 19.6 Å². The molecule has 0 bridgehead atoms. The Hall–Kier alpha value is -3.02. The number of hydrogen-bond acceptors (Lipinski definition) is 6. The molecular formula is C26H37ClFN5O4S. The maximum absolute atomic E-state index is 13.6. The fourth-order valence-corrected chi connectivity index (χ4v) is 4.77. The van der Waals surface area contributed by atoms with Crippen LogP contribution >= 0.6 is 11.6 Å². The van der Waals surface area contributed by atoms with E-state index in [1.54, 1.807) is 17.9 Å². The summed E-state index contributed by atoms with van der Waals surface area (Å²) in [5, 5.41) is 2.57. The van der Waals surface area contributed by atoms with Gasteiger partial charge in [0.2, 0.25) is 21.8 Å². The molecule has 2 N–H and O–H groups in total. The van der Waals surface area contributed by atoms with Gasteiger partial charge in [0, 0.05) is 25.2 Å². The van der Waals surface area contributed by atoms with Crippen LogP contribution in [0.3, 0.4) is 0 Å². The maximum atomic E-state index is 13.6. The summed E-state index contributed by atoms with van der Waals surface area (Å²) in [4.78, 5) is 22.3. The summed E-state index contributed by atoms with van der Waals surface area (Å²) in [6.45, 7) is 15.0. The lowest BCUT2D eigenvalue weighted by Crippen LogP contribution is -2.51. The van der Waals surface area contributed by atoms with E-state index < -0.39 is 27.9 Å². The van der Waals surface area contributed by atoms with Gasteiger partial charge in [-0.05, 0) is 51.1 Å². The molecule has 0 aromatic heterocycles. The molecule has 0 saturated heterocycles. The molecule has 2 atom stereocenters. The van der Waals surface area contributed by atoms with Gasteiger partial charge >= 0.3 is 0 Å². The molecule has 0 fully saturated rings. The molecule has 210 valence electrons. The number of hydrogen-bond donors (Lipinski definition) is 2. The van der Waals surface area contributed by atoms with Gasteiger partial charge in [0.25, 0.3) is 0 Å². The zero-order valence-corrected chi connectivity index (χ0v) is 24.0. The standard InChI is InChI=1S/C26H37ClFN5O4S/c1-8-9-10-20(5)30-17-33(16-19(4)26(34)31-18(2)3)25(13-14-29-21(6)37-7)32-38(35,36)24-12-11-22(28)15-23(24)27/h9-12,14-15,17-19,25,32H,5-6,8,13,16H2,1-4,7H3,(H,31,34)/b10-9-,29-14-,30-17-. The van der Waals surface area contributed by atoms with Crippen molar-refractivity contribution in [2.45, 2.75) is 57.6 Å². The van der Waals surface area contributed by atoms with Crippen LogP contribution in [0, 0.1) is 11.7 Å². The fraction of sp³-hybridized carbons (Fsp3) is 0.423. The summed E-state index contributed by atoms with van der Waals surface area (Å²) >= 11 is 6.04. The summed E-state index contributed by atoms with van der Waals surface area (Å²) < 4.78 is 47.7. The molecule has 0 aliphatic rings. The van der Waals surface area contributed by atoms with Gasteiger partial charge in [-0.25, -0.2) is 22.8 Å². The van der Waals surface area contributed by atoms with Crippen molar-refractivity contribution in [3.63, 3.8) is 0 Å². The number of carbonyl (C=O) groups is 1. The highest BCUT2D eigenvalue weighted by Crippen LogP contribution is 2.23. The van der Waals surface area contributed by atoms with Crippen LogP contribution in [0.4, 0.5) is 4.39 Å². The summed E-state index contributed by atoms with van der Waals surface area (Å²) in [5.74, 6) is -1.31. The van der Waals surface area contributed by atoms with E-state index in [2.05, 4.69) is 33.2 Å². The maximum Gasteiger partial charge on any atom is 0.243 e. The van der Waals surface area contributed by atoms with Crippen molar-refractivity contribution in [1.29, 1.82) is 0 Å². The van der Waals surface area contributed by atoms with Crippen LogP contribution < -0.4 is 10.0 Å². The molecule has 0 aliphatic carbocycles. The Morgan fingerprint density at radius 1 is 1.26 bits per heavy atom. The summed E-state index contributed by atoms with van der Waals surface area (Å²) in [5.41, 5.74) is 0.431. The highest BCUT2D eigenvalue weighted by atomic mass is 35.5. The number of carbonyl (C=O) groups excluding carboxylic acids is 1. The number of nitrogens with one attached hydrogen (secondary N) is 2. The smallest absolute Gasteiger partial charge is 0.243 e. The quantitative estimate of drug-likeness (QED) is 0.0990. The van der Waals surface area contributed by atoms with Gasteiger partial charge in [-0.1, -0.05) is 38.1 Å². The van der Waals surface area contributed by atoms with Crippen molar-refractivity contribution < 1.29 is 22.3 Å². The molecular weight excluding hydrogens is 533 g/mol. The topological polar surface area (TPSA) is 112 Å². The van der Waals surface area contributed by atoms with Crippen LogP contribution in [0.15, 0.2) is 70.0 Å². The monoisotopic (exact) mass is 569 g/mol. The number of halogens is 2. The van der Waals surface area contributed by atoms with Gasteiger partial charge in [0.1, 0.15) is 10.7 Å². The van der Waals surface area contributed by atoms with Gasteiger partial charge in [-0.3, -0.25) is 4.79 Å². The zero-order valence-electron chi connectivity index (χ0n) is 22.4. The van der Waals surface area contributed by atoms with Crippen LogP contribution in [-0.4, -0.2) is 57.6 Å². The number of rotatable bonds is 16. The first-order valence-electron chi connectivity index (χ1n) is 12.0. The lowest BCUT2D eigenvalue weighted by atomic mass is 10.1. The Labute approximate surface area is 230 Å². The lowest BCUT2D eigenvalue weighted by molar-refractivity contribution is -0.125. The third-order valence-corrected chi connectivity index (χ3v) is 6.90. The predicted octanol–water partition coefficient (Wildman–Crippen LogP) is 4.63. The Balaban J connectivity index is 3.48. The average Bonchev–Trinajstić information content (AvgIpc) is 2.83. The highest BCUT2D eigenvalue weighted by Gasteiger charge is 2.28. The van der Waals surface area contributed by atoms with Gasteiger partial charge in [0.05, 0.1) is 36.3 Å². The van der Waals surface area contributed by atoms with Crippen LogP contribution in [0.5, 0.6) is 0 Å². The van der Waals surface area contributed by atoms with E-state index in [9.17, 15) is 17.6 Å². The number of amides is 1. The minimum Gasteiger partial charge on any atom is -0.481 e. The van der Waals surface area contributed by atoms with Crippen molar-refractivity contribution >= 4 is 40.1 Å². The highest BCUT2D eigenvalue weighted by molar-refractivity contribution is 7.89. The molecule has 0 aliphatic heterocycles. The van der Waals surface area contributed by atoms with Crippen LogP contribution in [0.25, 0.3) is 0 Å². The number of allylic oxidation sites excluding steroid dienone is 2. The first-order valence-corrected chi connectivity index (χ1v) is 13.8. The molecule has 9 nitrogen and oxygen atoms in total. The van der Waals surface area contributed by atoms with Crippen molar-refractivity contribution in [1.82, 2.24) is 14.9 Å². The fourth-order valence-electron chi connectivity index (χ4n) is 3.02. The molecule has 1 aromatic rings. The molecule has 0 heterocycles. The molecule has 2 unspecified atom stereocenters. The second-order valence-corrected chi connectivity index (χ2v) is 10.8. The minimum atomic E-state index is -4.24. The third kappa shape index (κ3) is 11.6. The number of nitrogens with zero attached hydrogens (tertiary/aromatic N) is 3.